The van der Waals surface area contributed by atoms with E-state index >= 15 is 0 Å². The highest BCUT2D eigenvalue weighted by Gasteiger charge is 2.10. The van der Waals surface area contributed by atoms with Crippen molar-refractivity contribution in [2.45, 2.75) is 6.42 Å². The number of benzene rings is 1. The third-order valence-corrected chi connectivity index (χ3v) is 2.16. The Morgan fingerprint density at radius 1 is 1.50 bits per heavy atom. The molecule has 0 aromatic heterocycles. The van der Waals surface area contributed by atoms with Crippen LogP contribution in [0.15, 0.2) is 24.3 Å². The van der Waals surface area contributed by atoms with E-state index in [1.165, 1.54) is 0 Å². The molecule has 1 rings (SSSR count). The van der Waals surface area contributed by atoms with Crippen LogP contribution in [0.2, 0.25) is 5.02 Å². The van der Waals surface area contributed by atoms with Gasteiger partial charge in [-0.1, -0.05) is 11.6 Å². The Labute approximate surface area is 89.3 Å². The maximum absolute atomic E-state index is 11.1. The normalized spacial score (nSPS) is 9.64. The molecule has 74 valence electrons. The van der Waals surface area contributed by atoms with Gasteiger partial charge in [-0.05, 0) is 0 Å². The van der Waals surface area contributed by atoms with Gasteiger partial charge in [0.2, 0.25) is 5.91 Å². The SMILES string of the molecule is [CH2-][C+](CC(=O)NC)c1ccc(Cl)cc1. The van der Waals surface area contributed by atoms with Crippen LogP contribution in [0.4, 0.5) is 0 Å². The molecule has 3 heteroatoms. The van der Waals surface area contributed by atoms with Crippen LogP contribution < -0.4 is 5.32 Å². The van der Waals surface area contributed by atoms with Gasteiger partial charge in [0.1, 0.15) is 5.56 Å². The fourth-order valence-corrected chi connectivity index (χ4v) is 1.20. The van der Waals surface area contributed by atoms with E-state index in [9.17, 15) is 4.79 Å². The van der Waals surface area contributed by atoms with Gasteiger partial charge in [0.25, 0.3) is 0 Å². The Morgan fingerprint density at radius 2 is 2.07 bits per heavy atom. The van der Waals surface area contributed by atoms with Gasteiger partial charge >= 0.3 is 0 Å². The number of amides is 1. The summed E-state index contributed by atoms with van der Waals surface area (Å²) in [6.45, 7) is 3.84. The minimum Gasteiger partial charge on any atom is -0.358 e. The molecule has 0 atom stereocenters. The maximum atomic E-state index is 11.1. The molecule has 0 aliphatic rings. The molecule has 0 heterocycles. The first-order chi connectivity index (χ1) is 6.63. The van der Waals surface area contributed by atoms with Crippen molar-refractivity contribution in [3.8, 4) is 0 Å². The Hall–Kier alpha value is -1.15. The van der Waals surface area contributed by atoms with Crippen LogP contribution in [0.25, 0.3) is 0 Å². The van der Waals surface area contributed by atoms with Gasteiger partial charge in [-0.3, -0.25) is 11.7 Å². The molecule has 2 nitrogen and oxygen atoms in total. The first-order valence-electron chi connectivity index (χ1n) is 4.28. The third-order valence-electron chi connectivity index (χ3n) is 1.91. The van der Waals surface area contributed by atoms with E-state index in [-0.39, 0.29) is 5.91 Å². The molecule has 0 aliphatic heterocycles. The molecule has 0 radical (unpaired) electrons. The zero-order valence-electron chi connectivity index (χ0n) is 8.01. The minimum atomic E-state index is -0.0371. The van der Waals surface area contributed by atoms with Crippen LogP contribution in [0.5, 0.6) is 0 Å². The first-order valence-corrected chi connectivity index (χ1v) is 4.65. The summed E-state index contributed by atoms with van der Waals surface area (Å²) in [5.74, 6) is 0.756. The highest BCUT2D eigenvalue weighted by molar-refractivity contribution is 6.30. The van der Waals surface area contributed by atoms with Crippen molar-refractivity contribution in [1.29, 1.82) is 0 Å². The Balaban J connectivity index is 2.65. The van der Waals surface area contributed by atoms with Crippen molar-refractivity contribution in [1.82, 2.24) is 5.32 Å². The average Bonchev–Trinajstić information content (AvgIpc) is 2.18. The molecule has 0 aliphatic carbocycles. The zero-order valence-corrected chi connectivity index (χ0v) is 8.77. The first kappa shape index (κ1) is 10.9. The summed E-state index contributed by atoms with van der Waals surface area (Å²) in [4.78, 5) is 11.1. The molecule has 0 saturated carbocycles. The van der Waals surface area contributed by atoms with E-state index in [0.29, 0.717) is 11.4 Å². The van der Waals surface area contributed by atoms with E-state index < -0.39 is 0 Å². The van der Waals surface area contributed by atoms with Gasteiger partial charge in [-0.2, -0.15) is 0 Å². The van der Waals surface area contributed by atoms with Crippen molar-refractivity contribution in [3.05, 3.63) is 47.7 Å². The highest BCUT2D eigenvalue weighted by atomic mass is 35.5. The van der Waals surface area contributed by atoms with Crippen LogP contribution in [-0.2, 0) is 4.79 Å². The number of rotatable bonds is 3. The van der Waals surface area contributed by atoms with Gasteiger partial charge < -0.3 is 5.32 Å². The van der Waals surface area contributed by atoms with Crippen LogP contribution in [0.1, 0.15) is 12.0 Å². The fourth-order valence-electron chi connectivity index (χ4n) is 1.07. The third kappa shape index (κ3) is 2.96. The number of hydrogen-bond acceptors (Lipinski definition) is 1. The molecule has 0 bridgehead atoms. The minimum absolute atomic E-state index is 0.0371. The van der Waals surface area contributed by atoms with E-state index in [1.54, 1.807) is 19.2 Å². The van der Waals surface area contributed by atoms with Gasteiger partial charge in [0.15, 0.2) is 0 Å². The number of halogens is 1. The highest BCUT2D eigenvalue weighted by Crippen LogP contribution is 2.19. The maximum Gasteiger partial charge on any atom is 0.233 e. The Kier molecular flexibility index (Phi) is 3.84. The second-order valence-electron chi connectivity index (χ2n) is 2.96. The number of carbonyl (C=O) groups is 1. The summed E-state index contributed by atoms with van der Waals surface area (Å²) in [5, 5.41) is 3.23. The lowest BCUT2D eigenvalue weighted by Gasteiger charge is -2.10. The average molecular weight is 210 g/mol. The summed E-state index contributed by atoms with van der Waals surface area (Å²) < 4.78 is 0. The van der Waals surface area contributed by atoms with Crippen LogP contribution in [0, 0.1) is 12.8 Å². The second-order valence-corrected chi connectivity index (χ2v) is 3.40. The molecule has 0 saturated heterocycles. The molecule has 1 N–H and O–H groups in total. The van der Waals surface area contributed by atoms with E-state index in [0.717, 1.165) is 11.5 Å². The molecule has 1 amide bonds. The molecule has 14 heavy (non-hydrogen) atoms. The summed E-state index contributed by atoms with van der Waals surface area (Å²) >= 11 is 5.74. The van der Waals surface area contributed by atoms with Gasteiger partial charge in [-0.25, -0.2) is 0 Å². The molecule has 1 aromatic carbocycles. The lowest BCUT2D eigenvalue weighted by molar-refractivity contribution is -0.120. The Bertz CT molecular complexity index is 308. The van der Waals surface area contributed by atoms with E-state index in [2.05, 4.69) is 12.2 Å². The summed E-state index contributed by atoms with van der Waals surface area (Å²) in [6.07, 6.45) is 0.318. The Morgan fingerprint density at radius 3 is 2.57 bits per heavy atom. The summed E-state index contributed by atoms with van der Waals surface area (Å²) in [7, 11) is 1.61. The fraction of sp³-hybridized carbons (Fsp3) is 0.182. The van der Waals surface area contributed by atoms with Crippen LogP contribution in [0.3, 0.4) is 0 Å². The summed E-state index contributed by atoms with van der Waals surface area (Å²) in [6, 6.07) is 7.28. The largest absolute Gasteiger partial charge is 0.358 e. The topological polar surface area (TPSA) is 29.1 Å². The van der Waals surface area contributed by atoms with Crippen LogP contribution in [-0.4, -0.2) is 13.0 Å². The van der Waals surface area contributed by atoms with Gasteiger partial charge in [0.05, 0.1) is 11.4 Å². The predicted molar refractivity (Wildman–Crippen MR) is 57.8 cm³/mol. The summed E-state index contributed by atoms with van der Waals surface area (Å²) in [5.41, 5.74) is 0.943. The number of nitrogens with one attached hydrogen (secondary N) is 1. The molecular weight excluding hydrogens is 198 g/mol. The number of hydrogen-bond donors (Lipinski definition) is 1. The quantitative estimate of drug-likeness (QED) is 0.761. The van der Waals surface area contributed by atoms with Gasteiger partial charge in [0, 0.05) is 31.3 Å². The lowest BCUT2D eigenvalue weighted by atomic mass is 9.98. The monoisotopic (exact) mass is 209 g/mol. The smallest absolute Gasteiger partial charge is 0.233 e. The van der Waals surface area contributed by atoms with Crippen molar-refractivity contribution in [2.75, 3.05) is 7.05 Å². The van der Waals surface area contributed by atoms with E-state index in [1.807, 2.05) is 12.1 Å². The molecule has 0 spiro atoms. The number of carbonyl (C=O) groups excluding carboxylic acids is 1. The zero-order chi connectivity index (χ0) is 10.6. The molecule has 0 fully saturated rings. The van der Waals surface area contributed by atoms with Crippen molar-refractivity contribution in [3.63, 3.8) is 0 Å². The molecule has 1 aromatic rings. The molecular formula is C11H12ClNO. The standard InChI is InChI=1S/C11H12ClNO/c1-8(7-11(14)13-2)9-3-5-10(12)6-4-9/h3-6H,1,7H2,2H3,(H,13,14). The van der Waals surface area contributed by atoms with Crippen molar-refractivity contribution < 1.29 is 4.79 Å². The lowest BCUT2D eigenvalue weighted by Crippen LogP contribution is -2.19. The van der Waals surface area contributed by atoms with Crippen LogP contribution >= 0.6 is 11.6 Å². The predicted octanol–water partition coefficient (Wildman–Crippen LogP) is 2.23. The van der Waals surface area contributed by atoms with Crippen molar-refractivity contribution in [2.24, 2.45) is 0 Å². The van der Waals surface area contributed by atoms with Gasteiger partial charge in [-0.15, -0.1) is 5.92 Å². The van der Waals surface area contributed by atoms with Crippen molar-refractivity contribution >= 4 is 17.5 Å². The van der Waals surface area contributed by atoms with E-state index in [4.69, 9.17) is 11.6 Å². The second kappa shape index (κ2) is 4.91. The molecule has 0 unspecified atom stereocenters.